The van der Waals surface area contributed by atoms with Crippen LogP contribution < -0.4 is 5.32 Å². The van der Waals surface area contributed by atoms with Crippen LogP contribution >= 0.6 is 0 Å². The number of allylic oxidation sites excluding steroid dienone is 1. The molecule has 1 saturated carbocycles. The van der Waals surface area contributed by atoms with E-state index in [1.807, 2.05) is 11.8 Å². The summed E-state index contributed by atoms with van der Waals surface area (Å²) in [5, 5.41) is 13.2. The predicted octanol–water partition coefficient (Wildman–Crippen LogP) is 2.45. The molecular formula is C18H30N2O3. The molecule has 0 aromatic heterocycles. The van der Waals surface area contributed by atoms with Crippen molar-refractivity contribution in [2.75, 3.05) is 26.2 Å². The number of hydrogen-bond acceptors (Lipinski definition) is 3. The molecule has 2 amide bonds. The topological polar surface area (TPSA) is 61.8 Å². The minimum atomic E-state index is -0.265. The van der Waals surface area contributed by atoms with Crippen LogP contribution in [0.2, 0.25) is 0 Å². The molecule has 3 rings (SSSR count). The van der Waals surface area contributed by atoms with Gasteiger partial charge >= 0.3 is 6.03 Å². The molecule has 2 fully saturated rings. The van der Waals surface area contributed by atoms with E-state index in [2.05, 4.69) is 11.4 Å². The van der Waals surface area contributed by atoms with Gasteiger partial charge in [-0.25, -0.2) is 4.79 Å². The molecule has 1 saturated heterocycles. The van der Waals surface area contributed by atoms with Crippen molar-refractivity contribution in [3.05, 3.63) is 11.6 Å². The summed E-state index contributed by atoms with van der Waals surface area (Å²) in [6, 6.07) is 0.0419. The van der Waals surface area contributed by atoms with Crippen LogP contribution in [-0.4, -0.2) is 54.5 Å². The van der Waals surface area contributed by atoms with Crippen molar-refractivity contribution >= 4 is 6.03 Å². The van der Waals surface area contributed by atoms with E-state index in [4.69, 9.17) is 4.74 Å². The molecule has 0 unspecified atom stereocenters. The second-order valence-electron chi connectivity index (χ2n) is 7.15. The summed E-state index contributed by atoms with van der Waals surface area (Å²) in [6.45, 7) is 4.86. The van der Waals surface area contributed by atoms with E-state index in [1.54, 1.807) is 0 Å². The van der Waals surface area contributed by atoms with Crippen molar-refractivity contribution in [3.8, 4) is 0 Å². The van der Waals surface area contributed by atoms with Crippen molar-refractivity contribution in [1.82, 2.24) is 10.2 Å². The largest absolute Gasteiger partial charge is 0.392 e. The fraction of sp³-hybridized carbons (Fsp3) is 0.833. The minimum absolute atomic E-state index is 0.0419. The molecule has 130 valence electrons. The van der Waals surface area contributed by atoms with E-state index in [0.717, 1.165) is 45.3 Å². The smallest absolute Gasteiger partial charge is 0.317 e. The third-order valence-electron chi connectivity index (χ3n) is 5.95. The van der Waals surface area contributed by atoms with Gasteiger partial charge in [0, 0.05) is 38.1 Å². The van der Waals surface area contributed by atoms with Crippen LogP contribution in [0.4, 0.5) is 4.79 Å². The number of hydrogen-bond donors (Lipinski definition) is 2. The van der Waals surface area contributed by atoms with Crippen LogP contribution in [0.25, 0.3) is 0 Å². The number of carbonyl (C=O) groups excluding carboxylic acids is 1. The van der Waals surface area contributed by atoms with Crippen molar-refractivity contribution in [2.45, 2.75) is 64.1 Å². The fourth-order valence-electron chi connectivity index (χ4n) is 4.35. The van der Waals surface area contributed by atoms with Gasteiger partial charge in [-0.2, -0.15) is 0 Å². The molecule has 2 atom stereocenters. The van der Waals surface area contributed by atoms with Crippen molar-refractivity contribution in [1.29, 1.82) is 0 Å². The summed E-state index contributed by atoms with van der Waals surface area (Å²) in [7, 11) is 0. The summed E-state index contributed by atoms with van der Waals surface area (Å²) < 4.78 is 5.77. The lowest BCUT2D eigenvalue weighted by molar-refractivity contribution is -0.207. The highest BCUT2D eigenvalue weighted by Gasteiger charge is 2.56. The molecule has 3 aliphatic rings. The van der Waals surface area contributed by atoms with Gasteiger partial charge in [-0.1, -0.05) is 11.6 Å². The molecule has 0 aromatic rings. The molecule has 1 aliphatic heterocycles. The first-order valence-corrected chi connectivity index (χ1v) is 9.16. The Balaban J connectivity index is 1.42. The maximum atomic E-state index is 12.3. The SMILES string of the molecule is CCO[C@@H]1C[C@H](O)C12CCN(C(=O)NCCC1=CCCC1)CC2. The number of amides is 2. The van der Waals surface area contributed by atoms with E-state index in [1.165, 1.54) is 24.8 Å². The number of rotatable bonds is 5. The van der Waals surface area contributed by atoms with Crippen molar-refractivity contribution < 1.29 is 14.6 Å². The molecule has 0 aromatic carbocycles. The standard InChI is InChI=1S/C18H30N2O3/c1-2-23-16-13-15(21)18(16)8-11-20(12-9-18)17(22)19-10-7-14-5-3-4-6-14/h5,15-16,21H,2-4,6-13H2,1H3,(H,19,22)/t15-,16+/m0/s1. The quantitative estimate of drug-likeness (QED) is 0.764. The summed E-state index contributed by atoms with van der Waals surface area (Å²) in [6.07, 6.45) is 9.28. The molecule has 2 aliphatic carbocycles. The van der Waals surface area contributed by atoms with Gasteiger partial charge in [-0.3, -0.25) is 0 Å². The summed E-state index contributed by atoms with van der Waals surface area (Å²) in [5.74, 6) is 0. The molecule has 1 spiro atoms. The summed E-state index contributed by atoms with van der Waals surface area (Å²) in [4.78, 5) is 14.2. The second kappa shape index (κ2) is 7.22. The Morgan fingerprint density at radius 2 is 2.26 bits per heavy atom. The predicted molar refractivity (Wildman–Crippen MR) is 89.2 cm³/mol. The Hall–Kier alpha value is -1.07. The maximum Gasteiger partial charge on any atom is 0.317 e. The van der Waals surface area contributed by atoms with E-state index in [0.29, 0.717) is 6.61 Å². The molecule has 5 heteroatoms. The highest BCUT2D eigenvalue weighted by molar-refractivity contribution is 5.74. The average Bonchev–Trinajstić information content (AvgIpc) is 3.08. The first-order chi connectivity index (χ1) is 11.2. The van der Waals surface area contributed by atoms with E-state index in [9.17, 15) is 9.90 Å². The van der Waals surface area contributed by atoms with E-state index in [-0.39, 0.29) is 23.7 Å². The lowest BCUT2D eigenvalue weighted by Gasteiger charge is -2.56. The Morgan fingerprint density at radius 3 is 2.87 bits per heavy atom. The Bertz CT molecular complexity index is 453. The molecule has 5 nitrogen and oxygen atoms in total. The van der Waals surface area contributed by atoms with Gasteiger partial charge < -0.3 is 20.1 Å². The fourth-order valence-corrected chi connectivity index (χ4v) is 4.35. The Kier molecular flexibility index (Phi) is 5.27. The zero-order valence-corrected chi connectivity index (χ0v) is 14.2. The molecule has 0 bridgehead atoms. The maximum absolute atomic E-state index is 12.3. The zero-order chi connectivity index (χ0) is 16.3. The van der Waals surface area contributed by atoms with Crippen LogP contribution in [0, 0.1) is 5.41 Å². The van der Waals surface area contributed by atoms with Crippen molar-refractivity contribution in [3.63, 3.8) is 0 Å². The first kappa shape index (κ1) is 16.8. The van der Waals surface area contributed by atoms with Gasteiger partial charge in [0.1, 0.15) is 0 Å². The highest BCUT2D eigenvalue weighted by Crippen LogP contribution is 2.50. The number of urea groups is 1. The average molecular weight is 322 g/mol. The number of aliphatic hydroxyl groups excluding tert-OH is 1. The van der Waals surface area contributed by atoms with Crippen LogP contribution in [0.3, 0.4) is 0 Å². The zero-order valence-electron chi connectivity index (χ0n) is 14.2. The lowest BCUT2D eigenvalue weighted by atomic mass is 9.58. The Morgan fingerprint density at radius 1 is 1.48 bits per heavy atom. The third kappa shape index (κ3) is 3.41. The summed E-state index contributed by atoms with van der Waals surface area (Å²) >= 11 is 0. The normalized spacial score (nSPS) is 29.3. The molecule has 23 heavy (non-hydrogen) atoms. The number of nitrogens with one attached hydrogen (secondary N) is 1. The van der Waals surface area contributed by atoms with Crippen LogP contribution in [0.5, 0.6) is 0 Å². The van der Waals surface area contributed by atoms with Gasteiger partial charge in [0.15, 0.2) is 0 Å². The monoisotopic (exact) mass is 322 g/mol. The van der Waals surface area contributed by atoms with Gasteiger partial charge in [0.05, 0.1) is 12.2 Å². The number of piperidine rings is 1. The Labute approximate surface area is 139 Å². The van der Waals surface area contributed by atoms with Gasteiger partial charge in [0.25, 0.3) is 0 Å². The molecule has 1 heterocycles. The third-order valence-corrected chi connectivity index (χ3v) is 5.95. The molecule has 2 N–H and O–H groups in total. The van der Waals surface area contributed by atoms with Gasteiger partial charge in [-0.05, 0) is 45.4 Å². The van der Waals surface area contributed by atoms with E-state index >= 15 is 0 Å². The van der Waals surface area contributed by atoms with Crippen LogP contribution in [0.1, 0.15) is 51.9 Å². The second-order valence-corrected chi connectivity index (χ2v) is 7.15. The van der Waals surface area contributed by atoms with Gasteiger partial charge in [-0.15, -0.1) is 0 Å². The highest BCUT2D eigenvalue weighted by atomic mass is 16.5. The lowest BCUT2D eigenvalue weighted by Crippen LogP contribution is -2.63. The number of aliphatic hydroxyl groups is 1. The molecule has 0 radical (unpaired) electrons. The van der Waals surface area contributed by atoms with E-state index < -0.39 is 0 Å². The van der Waals surface area contributed by atoms with Crippen LogP contribution in [0.15, 0.2) is 11.6 Å². The number of ether oxygens (including phenoxy) is 1. The molecular weight excluding hydrogens is 292 g/mol. The number of likely N-dealkylation sites (tertiary alicyclic amines) is 1. The number of nitrogens with zero attached hydrogens (tertiary/aromatic N) is 1. The first-order valence-electron chi connectivity index (χ1n) is 9.16. The van der Waals surface area contributed by atoms with Crippen molar-refractivity contribution in [2.24, 2.45) is 5.41 Å². The number of carbonyl (C=O) groups is 1. The summed E-state index contributed by atoms with van der Waals surface area (Å²) in [5.41, 5.74) is 1.38. The van der Waals surface area contributed by atoms with Crippen LogP contribution in [-0.2, 0) is 4.74 Å². The van der Waals surface area contributed by atoms with Gasteiger partial charge in [0.2, 0.25) is 0 Å². The minimum Gasteiger partial charge on any atom is -0.392 e.